The minimum atomic E-state index is 0.289. The van der Waals surface area contributed by atoms with Crippen molar-refractivity contribution in [1.82, 2.24) is 10.2 Å². The molecular weight excluding hydrogens is 192 g/mol. The molecule has 0 amide bonds. The normalized spacial score (nSPS) is 17.3. The number of nitrogens with zero attached hydrogens (tertiary/aromatic N) is 2. The highest BCUT2D eigenvalue weighted by molar-refractivity contribution is 5.79. The van der Waals surface area contributed by atoms with Crippen molar-refractivity contribution in [1.29, 1.82) is 0 Å². The Morgan fingerprint density at radius 3 is 2.80 bits per heavy atom. The van der Waals surface area contributed by atoms with Crippen molar-refractivity contribution in [3.05, 3.63) is 0 Å². The van der Waals surface area contributed by atoms with Crippen LogP contribution >= 0.6 is 0 Å². The number of likely N-dealkylation sites (N-methyl/N-ethyl adjacent to an activating group) is 1. The van der Waals surface area contributed by atoms with Gasteiger partial charge in [0.1, 0.15) is 5.84 Å². The average molecular weight is 214 g/mol. The molecule has 4 N–H and O–H groups in total. The lowest BCUT2D eigenvalue weighted by atomic mass is 10.4. The lowest BCUT2D eigenvalue weighted by molar-refractivity contribution is 0.277. The smallest absolute Gasteiger partial charge is 0.140 e. The van der Waals surface area contributed by atoms with E-state index in [-0.39, 0.29) is 5.84 Å². The van der Waals surface area contributed by atoms with Crippen LogP contribution in [0.5, 0.6) is 0 Å². The molecule has 1 aliphatic carbocycles. The van der Waals surface area contributed by atoms with Crippen molar-refractivity contribution >= 4 is 5.84 Å². The fourth-order valence-corrected chi connectivity index (χ4v) is 1.65. The first-order valence-corrected chi connectivity index (χ1v) is 5.69. The van der Waals surface area contributed by atoms with Crippen LogP contribution in [-0.4, -0.2) is 48.2 Å². The van der Waals surface area contributed by atoms with E-state index in [1.807, 2.05) is 0 Å². The molecule has 0 saturated heterocycles. The number of rotatable bonds is 8. The Labute approximate surface area is 91.3 Å². The number of hydrogen-bond acceptors (Lipinski definition) is 4. The summed E-state index contributed by atoms with van der Waals surface area (Å²) in [7, 11) is 0. The van der Waals surface area contributed by atoms with Gasteiger partial charge in [0.15, 0.2) is 0 Å². The summed E-state index contributed by atoms with van der Waals surface area (Å²) < 4.78 is 0. The summed E-state index contributed by atoms with van der Waals surface area (Å²) in [5, 5.41) is 14.5. The van der Waals surface area contributed by atoms with Gasteiger partial charge >= 0.3 is 0 Å². The molecule has 0 aromatic carbocycles. The number of amidine groups is 1. The first-order chi connectivity index (χ1) is 7.27. The maximum absolute atomic E-state index is 8.33. The molecule has 0 heterocycles. The van der Waals surface area contributed by atoms with E-state index in [1.54, 1.807) is 0 Å². The maximum Gasteiger partial charge on any atom is 0.140 e. The highest BCUT2D eigenvalue weighted by Crippen LogP contribution is 2.25. The molecule has 0 aromatic heterocycles. The number of nitrogens with two attached hydrogens (primary N) is 1. The Balaban J connectivity index is 1.95. The standard InChI is InChI=1S/C10H22N4O/c1-2-14(9-3-4-9)8-7-12-6-5-10(11)13-15/h9,12,15H,2-8H2,1H3,(H2,11,13). The van der Waals surface area contributed by atoms with Crippen molar-refractivity contribution in [3.8, 4) is 0 Å². The van der Waals surface area contributed by atoms with Gasteiger partial charge in [0.05, 0.1) is 0 Å². The van der Waals surface area contributed by atoms with Gasteiger partial charge in [0.2, 0.25) is 0 Å². The van der Waals surface area contributed by atoms with Gasteiger partial charge in [-0.2, -0.15) is 0 Å². The fraction of sp³-hybridized carbons (Fsp3) is 0.900. The third kappa shape index (κ3) is 4.99. The van der Waals surface area contributed by atoms with Crippen LogP contribution in [0.2, 0.25) is 0 Å². The van der Waals surface area contributed by atoms with Crippen LogP contribution in [0.1, 0.15) is 26.2 Å². The van der Waals surface area contributed by atoms with Crippen molar-refractivity contribution in [2.45, 2.75) is 32.2 Å². The predicted octanol–water partition coefficient (Wildman–Crippen LogP) is 0.197. The zero-order valence-electron chi connectivity index (χ0n) is 9.45. The Kier molecular flexibility index (Phi) is 5.42. The fourth-order valence-electron chi connectivity index (χ4n) is 1.65. The zero-order valence-corrected chi connectivity index (χ0v) is 9.45. The van der Waals surface area contributed by atoms with E-state index < -0.39 is 0 Å². The number of nitrogens with one attached hydrogen (secondary N) is 1. The van der Waals surface area contributed by atoms with Crippen LogP contribution in [0.15, 0.2) is 5.16 Å². The third-order valence-electron chi connectivity index (χ3n) is 2.73. The molecule has 5 heteroatoms. The first-order valence-electron chi connectivity index (χ1n) is 5.69. The molecule has 0 radical (unpaired) electrons. The highest BCUT2D eigenvalue weighted by Gasteiger charge is 2.26. The van der Waals surface area contributed by atoms with Crippen LogP contribution in [0, 0.1) is 0 Å². The first kappa shape index (κ1) is 12.3. The Morgan fingerprint density at radius 2 is 2.27 bits per heavy atom. The van der Waals surface area contributed by atoms with Crippen LogP contribution in [0.3, 0.4) is 0 Å². The topological polar surface area (TPSA) is 73.9 Å². The van der Waals surface area contributed by atoms with Gasteiger partial charge in [-0.05, 0) is 19.4 Å². The monoisotopic (exact) mass is 214 g/mol. The Bertz CT molecular complexity index is 204. The van der Waals surface area contributed by atoms with E-state index in [4.69, 9.17) is 10.9 Å². The van der Waals surface area contributed by atoms with Crippen LogP contribution in [0.4, 0.5) is 0 Å². The van der Waals surface area contributed by atoms with Gasteiger partial charge in [0.25, 0.3) is 0 Å². The molecule has 0 unspecified atom stereocenters. The lowest BCUT2D eigenvalue weighted by Crippen LogP contribution is -2.34. The molecule has 5 nitrogen and oxygen atoms in total. The molecule has 1 fully saturated rings. The van der Waals surface area contributed by atoms with Gasteiger partial charge in [-0.1, -0.05) is 12.1 Å². The summed E-state index contributed by atoms with van der Waals surface area (Å²) in [6.07, 6.45) is 3.32. The molecule has 1 rings (SSSR count). The van der Waals surface area contributed by atoms with E-state index in [0.29, 0.717) is 6.42 Å². The largest absolute Gasteiger partial charge is 0.409 e. The van der Waals surface area contributed by atoms with Gasteiger partial charge in [-0.25, -0.2) is 0 Å². The van der Waals surface area contributed by atoms with Crippen LogP contribution in [0.25, 0.3) is 0 Å². The molecule has 0 bridgehead atoms. The molecule has 1 aliphatic rings. The molecule has 88 valence electrons. The number of hydrogen-bond donors (Lipinski definition) is 3. The number of oxime groups is 1. The van der Waals surface area contributed by atoms with Gasteiger partial charge in [-0.3, -0.25) is 4.90 Å². The van der Waals surface area contributed by atoms with Gasteiger partial charge < -0.3 is 16.3 Å². The second-order valence-corrected chi connectivity index (χ2v) is 3.95. The molecule has 1 saturated carbocycles. The summed E-state index contributed by atoms with van der Waals surface area (Å²) in [6, 6.07) is 0.834. The predicted molar refractivity (Wildman–Crippen MR) is 61.2 cm³/mol. The van der Waals surface area contributed by atoms with Gasteiger partial charge in [0, 0.05) is 32.1 Å². The Morgan fingerprint density at radius 1 is 1.53 bits per heavy atom. The van der Waals surface area contributed by atoms with Crippen LogP contribution < -0.4 is 11.1 Å². The molecule has 0 aromatic rings. The molecule has 0 atom stereocenters. The van der Waals surface area contributed by atoms with E-state index >= 15 is 0 Å². The van der Waals surface area contributed by atoms with Gasteiger partial charge in [-0.15, -0.1) is 0 Å². The average Bonchev–Trinajstić information content (AvgIpc) is 3.06. The summed E-state index contributed by atoms with van der Waals surface area (Å²) in [6.45, 7) is 6.18. The molecule has 0 spiro atoms. The summed E-state index contributed by atoms with van der Waals surface area (Å²) >= 11 is 0. The molecular formula is C10H22N4O. The quantitative estimate of drug-likeness (QED) is 0.177. The minimum Gasteiger partial charge on any atom is -0.409 e. The third-order valence-corrected chi connectivity index (χ3v) is 2.73. The van der Waals surface area contributed by atoms with Crippen molar-refractivity contribution < 1.29 is 5.21 Å². The highest BCUT2D eigenvalue weighted by atomic mass is 16.4. The summed E-state index contributed by atoms with van der Waals surface area (Å²) in [4.78, 5) is 2.50. The SMILES string of the molecule is CCN(CCNCCC(N)=NO)C1CC1. The van der Waals surface area contributed by atoms with E-state index in [1.165, 1.54) is 12.8 Å². The Hall–Kier alpha value is -0.810. The van der Waals surface area contributed by atoms with Crippen molar-refractivity contribution in [2.24, 2.45) is 10.9 Å². The zero-order chi connectivity index (χ0) is 11.1. The lowest BCUT2D eigenvalue weighted by Gasteiger charge is -2.19. The van der Waals surface area contributed by atoms with Crippen molar-refractivity contribution in [2.75, 3.05) is 26.2 Å². The van der Waals surface area contributed by atoms with E-state index in [2.05, 4.69) is 22.3 Å². The second-order valence-electron chi connectivity index (χ2n) is 3.95. The van der Waals surface area contributed by atoms with Crippen molar-refractivity contribution in [3.63, 3.8) is 0 Å². The van der Waals surface area contributed by atoms with Crippen LogP contribution in [-0.2, 0) is 0 Å². The van der Waals surface area contributed by atoms with E-state index in [0.717, 1.165) is 32.2 Å². The maximum atomic E-state index is 8.33. The molecule has 15 heavy (non-hydrogen) atoms. The minimum absolute atomic E-state index is 0.289. The molecule has 0 aliphatic heterocycles. The summed E-state index contributed by atoms with van der Waals surface area (Å²) in [5.41, 5.74) is 5.35. The summed E-state index contributed by atoms with van der Waals surface area (Å²) in [5.74, 6) is 0.289. The second kappa shape index (κ2) is 6.63. The van der Waals surface area contributed by atoms with E-state index in [9.17, 15) is 0 Å².